The molecule has 49 heavy (non-hydrogen) atoms. The fourth-order valence-electron chi connectivity index (χ4n) is 5.12. The molecule has 2 saturated heterocycles. The van der Waals surface area contributed by atoms with Crippen molar-refractivity contribution in [2.24, 2.45) is 5.92 Å². The molecule has 5 heterocycles. The number of nitrogens with one attached hydrogen (secondary N) is 1. The van der Waals surface area contributed by atoms with Crippen molar-refractivity contribution in [1.82, 2.24) is 29.1 Å². The number of aromatic nitrogens is 6. The van der Waals surface area contributed by atoms with Gasteiger partial charge in [0, 0.05) is 37.2 Å². The number of hydrogen-bond acceptors (Lipinski definition) is 18. The molecular weight excluding hydrogens is 693 g/mol. The van der Waals surface area contributed by atoms with Gasteiger partial charge in [-0.15, -0.1) is 0 Å². The number of anilines is 1. The summed E-state index contributed by atoms with van der Waals surface area (Å²) in [5, 5.41) is 21.1. The molecule has 0 aromatic carbocycles. The third-order valence-corrected chi connectivity index (χ3v) is 11.0. The summed E-state index contributed by atoms with van der Waals surface area (Å²) in [7, 11) is 1.45. The average molecular weight is 732 g/mol. The Labute approximate surface area is 282 Å². The van der Waals surface area contributed by atoms with Crippen molar-refractivity contribution >= 4 is 41.1 Å². The molecule has 0 amide bonds. The number of imidazole rings is 1. The number of ether oxygens (including phenoxy) is 5. The molecule has 0 saturated carbocycles. The molecule has 0 radical (unpaired) electrons. The number of rotatable bonds is 16. The molecule has 3 aromatic heterocycles. The Bertz CT molecular complexity index is 1760. The van der Waals surface area contributed by atoms with Crippen LogP contribution < -0.4 is 17.0 Å². The Kier molecular flexibility index (Phi) is 12.2. The van der Waals surface area contributed by atoms with Gasteiger partial charge in [-0.3, -0.25) is 32.8 Å². The number of fused-ring (bicyclic) bond motifs is 1. The van der Waals surface area contributed by atoms with Crippen molar-refractivity contribution in [1.29, 1.82) is 0 Å². The SMILES string of the molecule is COCCO[C@@H]1[C@H](OP(=O)(OC[C@H]2OC(n3cnc4c(N)ncnc43)C[C@@H]2O)SCOC(=O)C(C)C)[C@@H](CO)O[C@H]1n1ccc(=O)[nH]c1=O. The van der Waals surface area contributed by atoms with Crippen molar-refractivity contribution < 1.29 is 52.3 Å². The molecule has 22 heteroatoms. The van der Waals surface area contributed by atoms with Crippen LogP contribution >= 0.6 is 18.2 Å². The van der Waals surface area contributed by atoms with Gasteiger partial charge in [0.1, 0.15) is 48.4 Å². The van der Waals surface area contributed by atoms with Gasteiger partial charge in [-0.05, 0) is 0 Å². The Hall–Kier alpha value is -3.24. The van der Waals surface area contributed by atoms with Crippen LogP contribution in [0, 0.1) is 5.92 Å². The molecule has 8 atom stereocenters. The zero-order valence-corrected chi connectivity index (χ0v) is 28.4. The normalized spacial score (nSPS) is 26.8. The third kappa shape index (κ3) is 8.56. The lowest BCUT2D eigenvalue weighted by atomic mass is 10.1. The lowest BCUT2D eigenvalue weighted by molar-refractivity contribution is -0.144. The number of aliphatic hydroxyl groups excluding tert-OH is 2. The van der Waals surface area contributed by atoms with Gasteiger partial charge in [0.2, 0.25) is 0 Å². The van der Waals surface area contributed by atoms with Crippen LogP contribution in [-0.2, 0) is 42.1 Å². The standard InChI is InChI=1S/C27H38N7O13PS/c1-14(2)26(38)43-13-49-48(40,44-10-17-15(36)8-19(45-17)34-12-31-20-23(28)29-11-30-24(20)34)47-21-16(9-35)46-25(22(21)42-7-6-41-3)33-5-4-18(37)32-27(33)39/h4-5,11-12,14-17,19,21-22,25,35-36H,6-10,13H2,1-3H3,(H2,28,29,30)(H,32,37,39)/t15-,16+,17+,19?,21+,22+,25+,48?/m0/s1. The molecule has 5 N–H and O–H groups in total. The smallest absolute Gasteiger partial charge is 0.392 e. The molecule has 20 nitrogen and oxygen atoms in total. The predicted octanol–water partition coefficient (Wildman–Crippen LogP) is -0.0718. The summed E-state index contributed by atoms with van der Waals surface area (Å²) in [5.41, 5.74) is 5.16. The van der Waals surface area contributed by atoms with Crippen LogP contribution in [0.4, 0.5) is 5.82 Å². The topological polar surface area (TPSA) is 264 Å². The van der Waals surface area contributed by atoms with E-state index in [1.54, 1.807) is 18.4 Å². The van der Waals surface area contributed by atoms with Gasteiger partial charge in [-0.2, -0.15) is 0 Å². The van der Waals surface area contributed by atoms with Crippen molar-refractivity contribution in [3.05, 3.63) is 45.8 Å². The van der Waals surface area contributed by atoms with Gasteiger partial charge in [-0.25, -0.2) is 24.3 Å². The molecule has 0 bridgehead atoms. The number of H-pyrrole nitrogens is 1. The zero-order valence-electron chi connectivity index (χ0n) is 26.7. The first-order chi connectivity index (χ1) is 23.4. The van der Waals surface area contributed by atoms with Crippen LogP contribution in [0.2, 0.25) is 0 Å². The van der Waals surface area contributed by atoms with Crippen LogP contribution in [0.25, 0.3) is 11.2 Å². The number of hydrogen-bond donors (Lipinski definition) is 4. The second-order valence-electron chi connectivity index (χ2n) is 11.3. The van der Waals surface area contributed by atoms with E-state index in [1.807, 2.05) is 0 Å². The van der Waals surface area contributed by atoms with Gasteiger partial charge >= 0.3 is 18.5 Å². The summed E-state index contributed by atoms with van der Waals surface area (Å²) in [6.07, 6.45) is -3.78. The van der Waals surface area contributed by atoms with E-state index in [2.05, 4.69) is 19.9 Å². The molecule has 0 aliphatic carbocycles. The van der Waals surface area contributed by atoms with Gasteiger partial charge < -0.3 is 39.6 Å². The van der Waals surface area contributed by atoms with Crippen molar-refractivity contribution in [3.8, 4) is 0 Å². The van der Waals surface area contributed by atoms with Crippen molar-refractivity contribution in [3.63, 3.8) is 0 Å². The highest BCUT2D eigenvalue weighted by Crippen LogP contribution is 2.63. The Morgan fingerprint density at radius 1 is 1.18 bits per heavy atom. The summed E-state index contributed by atoms with van der Waals surface area (Å²) in [6, 6.07) is 1.10. The number of carbonyl (C=O) groups is 1. The monoisotopic (exact) mass is 731 g/mol. The number of aliphatic hydroxyl groups is 2. The van der Waals surface area contributed by atoms with Crippen LogP contribution in [-0.4, -0.2) is 115 Å². The highest BCUT2D eigenvalue weighted by molar-refractivity contribution is 8.55. The molecule has 2 aliphatic rings. The van der Waals surface area contributed by atoms with Crippen LogP contribution in [0.15, 0.2) is 34.5 Å². The van der Waals surface area contributed by atoms with E-state index in [-0.39, 0.29) is 25.5 Å². The van der Waals surface area contributed by atoms with Crippen LogP contribution in [0.5, 0.6) is 0 Å². The third-order valence-electron chi connectivity index (χ3n) is 7.62. The summed E-state index contributed by atoms with van der Waals surface area (Å²) in [6.45, 7) is -2.13. The maximum Gasteiger partial charge on any atom is 0.392 e. The Balaban J connectivity index is 1.37. The molecule has 270 valence electrons. The minimum Gasteiger partial charge on any atom is -0.454 e. The summed E-state index contributed by atoms with van der Waals surface area (Å²) in [4.78, 5) is 51.0. The number of esters is 1. The molecule has 0 spiro atoms. The highest BCUT2D eigenvalue weighted by Gasteiger charge is 2.51. The highest BCUT2D eigenvalue weighted by atomic mass is 32.7. The zero-order chi connectivity index (χ0) is 35.3. The number of aromatic amines is 1. The van der Waals surface area contributed by atoms with Crippen molar-refractivity contribution in [2.75, 3.05) is 45.2 Å². The van der Waals surface area contributed by atoms with E-state index in [4.69, 9.17) is 38.5 Å². The lowest BCUT2D eigenvalue weighted by Crippen LogP contribution is -2.41. The Morgan fingerprint density at radius 3 is 2.69 bits per heavy atom. The molecule has 2 fully saturated rings. The number of carbonyl (C=O) groups excluding carboxylic acids is 1. The minimum absolute atomic E-state index is 0.0234. The minimum atomic E-state index is -4.38. The van der Waals surface area contributed by atoms with E-state index >= 15 is 0 Å². The number of nitrogens with zero attached hydrogens (tertiary/aromatic N) is 5. The van der Waals surface area contributed by atoms with Crippen molar-refractivity contribution in [2.45, 2.75) is 63.2 Å². The number of methoxy groups -OCH3 is 1. The first kappa shape index (κ1) is 37.0. The summed E-state index contributed by atoms with van der Waals surface area (Å²) < 4.78 is 57.1. The first-order valence-electron chi connectivity index (χ1n) is 15.1. The van der Waals surface area contributed by atoms with E-state index in [0.717, 1.165) is 10.6 Å². The number of nitrogen functional groups attached to an aromatic ring is 1. The maximum absolute atomic E-state index is 14.4. The van der Waals surface area contributed by atoms with Gasteiger partial charge in [0.15, 0.2) is 17.7 Å². The largest absolute Gasteiger partial charge is 0.454 e. The van der Waals surface area contributed by atoms with Gasteiger partial charge in [0.05, 0.1) is 44.8 Å². The molecule has 2 unspecified atom stereocenters. The van der Waals surface area contributed by atoms with E-state index in [9.17, 15) is 29.2 Å². The van der Waals surface area contributed by atoms with E-state index < -0.39 is 92.1 Å². The second-order valence-corrected chi connectivity index (χ2v) is 15.3. The molecule has 5 rings (SSSR count). The van der Waals surface area contributed by atoms with E-state index in [0.29, 0.717) is 22.5 Å². The maximum atomic E-state index is 14.4. The van der Waals surface area contributed by atoms with Crippen LogP contribution in [0.3, 0.4) is 0 Å². The fourth-order valence-corrected chi connectivity index (χ4v) is 7.93. The molecule has 2 aliphatic heterocycles. The van der Waals surface area contributed by atoms with E-state index in [1.165, 1.54) is 26.0 Å². The second kappa shape index (κ2) is 16.2. The van der Waals surface area contributed by atoms with Crippen LogP contribution in [0.1, 0.15) is 32.7 Å². The number of nitrogens with two attached hydrogens (primary N) is 1. The fraction of sp³-hybridized carbons (Fsp3) is 0.630. The predicted molar refractivity (Wildman–Crippen MR) is 170 cm³/mol. The van der Waals surface area contributed by atoms with Gasteiger partial charge in [0.25, 0.3) is 5.56 Å². The quantitative estimate of drug-likeness (QED) is 0.0650. The lowest BCUT2D eigenvalue weighted by Gasteiger charge is -2.28. The summed E-state index contributed by atoms with van der Waals surface area (Å²) in [5.74, 6) is -1.31. The van der Waals surface area contributed by atoms with Gasteiger partial charge in [-0.1, -0.05) is 13.8 Å². The summed E-state index contributed by atoms with van der Waals surface area (Å²) >= 11 is 0.539. The first-order valence-corrected chi connectivity index (χ1v) is 18.3. The molecule has 3 aromatic rings. The Morgan fingerprint density at radius 2 is 1.98 bits per heavy atom. The molecular formula is C27H38N7O13PS. The average Bonchev–Trinajstić information content (AvgIpc) is 3.76.